The summed E-state index contributed by atoms with van der Waals surface area (Å²) in [6.07, 6.45) is 6.52. The maximum absolute atomic E-state index is 13.3. The molecule has 0 saturated carbocycles. The summed E-state index contributed by atoms with van der Waals surface area (Å²) in [7, 11) is 0. The number of allylic oxidation sites excluding steroid dienone is 1. The summed E-state index contributed by atoms with van der Waals surface area (Å²) in [5.74, 6) is 0.772. The zero-order valence-corrected chi connectivity index (χ0v) is 18.6. The minimum Gasteiger partial charge on any atom is -0.343 e. The molecule has 0 N–H and O–H groups in total. The van der Waals surface area contributed by atoms with Crippen LogP contribution in [0.4, 0.5) is 0 Å². The van der Waals surface area contributed by atoms with E-state index >= 15 is 0 Å². The molecule has 4 aromatic rings. The molecule has 0 saturated heterocycles. The Balaban J connectivity index is 1.90. The van der Waals surface area contributed by atoms with Crippen molar-refractivity contribution in [1.82, 2.24) is 14.2 Å². The first-order valence-corrected chi connectivity index (χ1v) is 10.8. The predicted molar refractivity (Wildman–Crippen MR) is 128 cm³/mol. The zero-order valence-electron chi connectivity index (χ0n) is 17.0. The molecule has 0 spiro atoms. The van der Waals surface area contributed by atoms with Crippen molar-refractivity contribution < 1.29 is 0 Å². The maximum atomic E-state index is 13.3. The number of halogens is 1. The van der Waals surface area contributed by atoms with Gasteiger partial charge in [-0.15, -0.1) is 6.58 Å². The fourth-order valence-corrected chi connectivity index (χ4v) is 3.93. The van der Waals surface area contributed by atoms with Crippen LogP contribution in [-0.2, 0) is 6.54 Å². The van der Waals surface area contributed by atoms with E-state index in [9.17, 15) is 4.79 Å². The Hall–Kier alpha value is -2.99. The first kappa shape index (κ1) is 20.3. The number of nitrogens with zero attached hydrogens (tertiary/aromatic N) is 4. The lowest BCUT2D eigenvalue weighted by Gasteiger charge is -2.13. The van der Waals surface area contributed by atoms with Crippen LogP contribution in [-0.4, -0.2) is 20.4 Å². The minimum atomic E-state index is -0.164. The van der Waals surface area contributed by atoms with Gasteiger partial charge in [0.25, 0.3) is 5.56 Å². The molecular weight excluding hydrogens is 440 g/mol. The average Bonchev–Trinajstić information content (AvgIpc) is 3.11. The first-order chi connectivity index (χ1) is 14.5. The van der Waals surface area contributed by atoms with Crippen LogP contribution in [0.25, 0.3) is 21.8 Å². The van der Waals surface area contributed by atoms with Crippen LogP contribution in [0.1, 0.15) is 37.6 Å². The van der Waals surface area contributed by atoms with Crippen molar-refractivity contribution in [2.24, 2.45) is 5.10 Å². The van der Waals surface area contributed by atoms with Crippen molar-refractivity contribution >= 4 is 44.0 Å². The number of para-hydroxylation sites is 1. The minimum absolute atomic E-state index is 0.102. The van der Waals surface area contributed by atoms with Crippen LogP contribution in [0.3, 0.4) is 0 Å². The topological polar surface area (TPSA) is 52.2 Å². The normalized spacial score (nSPS) is 12.8. The van der Waals surface area contributed by atoms with Gasteiger partial charge in [-0.05, 0) is 30.7 Å². The molecule has 2 aromatic heterocycles. The van der Waals surface area contributed by atoms with Crippen LogP contribution in [0.2, 0.25) is 0 Å². The Morgan fingerprint density at radius 1 is 1.23 bits per heavy atom. The lowest BCUT2D eigenvalue weighted by Crippen LogP contribution is -2.23. The van der Waals surface area contributed by atoms with Crippen LogP contribution in [0.5, 0.6) is 0 Å². The summed E-state index contributed by atoms with van der Waals surface area (Å²) < 4.78 is 4.41. The van der Waals surface area contributed by atoms with Gasteiger partial charge >= 0.3 is 0 Å². The summed E-state index contributed by atoms with van der Waals surface area (Å²) in [6.45, 7) is 8.69. The van der Waals surface area contributed by atoms with Crippen LogP contribution >= 0.6 is 15.9 Å². The zero-order chi connectivity index (χ0) is 21.3. The number of rotatable bonds is 6. The fraction of sp³-hybridized carbons (Fsp3) is 0.208. The third kappa shape index (κ3) is 3.63. The predicted octanol–water partition coefficient (Wildman–Crippen LogP) is 5.70. The van der Waals surface area contributed by atoms with E-state index < -0.39 is 0 Å². The van der Waals surface area contributed by atoms with Gasteiger partial charge in [0.2, 0.25) is 0 Å². The number of aromatic nitrogens is 3. The van der Waals surface area contributed by atoms with Crippen LogP contribution in [0.15, 0.2) is 75.7 Å². The van der Waals surface area contributed by atoms with Crippen molar-refractivity contribution in [3.05, 3.63) is 87.5 Å². The lowest BCUT2D eigenvalue weighted by atomic mass is 10.1. The van der Waals surface area contributed by atoms with Crippen molar-refractivity contribution in [2.75, 3.05) is 0 Å². The van der Waals surface area contributed by atoms with Gasteiger partial charge in [0.1, 0.15) is 5.82 Å². The molecule has 1 atom stereocenters. The smallest absolute Gasteiger partial charge is 0.282 e. The number of hydrogen-bond acceptors (Lipinski definition) is 3. The molecule has 0 aliphatic carbocycles. The van der Waals surface area contributed by atoms with Crippen molar-refractivity contribution in [1.29, 1.82) is 0 Å². The molecular formula is C24H23BrN4O. The lowest BCUT2D eigenvalue weighted by molar-refractivity contribution is 0.613. The molecule has 0 radical (unpaired) electrons. The Labute approximate surface area is 183 Å². The number of fused-ring (bicyclic) bond motifs is 2. The third-order valence-corrected chi connectivity index (χ3v) is 5.84. The molecule has 0 aliphatic heterocycles. The molecule has 2 heterocycles. The van der Waals surface area contributed by atoms with E-state index in [1.165, 1.54) is 4.68 Å². The van der Waals surface area contributed by atoms with Gasteiger partial charge < -0.3 is 4.57 Å². The maximum Gasteiger partial charge on any atom is 0.282 e. The Kier molecular flexibility index (Phi) is 5.68. The van der Waals surface area contributed by atoms with Gasteiger partial charge in [0, 0.05) is 39.6 Å². The van der Waals surface area contributed by atoms with Crippen molar-refractivity contribution in [3.63, 3.8) is 0 Å². The van der Waals surface area contributed by atoms with Gasteiger partial charge in [0.15, 0.2) is 0 Å². The molecule has 0 fully saturated rings. The van der Waals surface area contributed by atoms with Gasteiger partial charge in [0.05, 0.1) is 17.1 Å². The second kappa shape index (κ2) is 8.40. The van der Waals surface area contributed by atoms with E-state index in [0.29, 0.717) is 23.3 Å². The summed E-state index contributed by atoms with van der Waals surface area (Å²) >= 11 is 3.45. The van der Waals surface area contributed by atoms with E-state index in [1.807, 2.05) is 36.5 Å². The molecule has 4 rings (SSSR count). The summed E-state index contributed by atoms with van der Waals surface area (Å²) in [4.78, 5) is 18.1. The third-order valence-electron chi connectivity index (χ3n) is 5.34. The molecule has 6 heteroatoms. The number of benzene rings is 2. The summed E-state index contributed by atoms with van der Waals surface area (Å²) in [6, 6.07) is 13.7. The summed E-state index contributed by atoms with van der Waals surface area (Å²) in [5, 5.41) is 6.24. The quantitative estimate of drug-likeness (QED) is 0.272. The average molecular weight is 463 g/mol. The highest BCUT2D eigenvalue weighted by atomic mass is 79.9. The second-order valence-corrected chi connectivity index (χ2v) is 8.26. The monoisotopic (exact) mass is 462 g/mol. The molecule has 30 heavy (non-hydrogen) atoms. The van der Waals surface area contributed by atoms with Crippen LogP contribution < -0.4 is 5.56 Å². The standard InChI is InChI=1S/C24H23BrN4O/c1-4-12-28-15-17(19-8-6-7-9-22(19)28)14-26-29-23(16(3)5-2)27-21-11-10-18(25)13-20(21)24(29)30/h4,6-11,13-16H,1,5,12H2,2-3H3/t16-/m1/s1. The van der Waals surface area contributed by atoms with E-state index in [4.69, 9.17) is 4.98 Å². The highest BCUT2D eigenvalue weighted by molar-refractivity contribution is 9.10. The van der Waals surface area contributed by atoms with Gasteiger partial charge in [-0.2, -0.15) is 9.78 Å². The second-order valence-electron chi connectivity index (χ2n) is 7.34. The van der Waals surface area contributed by atoms with E-state index in [2.05, 4.69) is 58.2 Å². The highest BCUT2D eigenvalue weighted by Gasteiger charge is 2.16. The molecule has 0 bridgehead atoms. The van der Waals surface area contributed by atoms with Crippen molar-refractivity contribution in [3.8, 4) is 0 Å². The van der Waals surface area contributed by atoms with E-state index in [0.717, 1.165) is 27.4 Å². The number of hydrogen-bond donors (Lipinski definition) is 0. The molecule has 0 unspecified atom stereocenters. The largest absolute Gasteiger partial charge is 0.343 e. The Morgan fingerprint density at radius 3 is 2.80 bits per heavy atom. The molecule has 5 nitrogen and oxygen atoms in total. The van der Waals surface area contributed by atoms with Gasteiger partial charge in [-0.25, -0.2) is 4.98 Å². The summed E-state index contributed by atoms with van der Waals surface area (Å²) in [5.41, 5.74) is 2.58. The SMILES string of the molecule is C=CCn1cc(C=Nn2c([C@H](C)CC)nc3ccc(Br)cc3c2=O)c2ccccc21. The fourth-order valence-electron chi connectivity index (χ4n) is 3.57. The van der Waals surface area contributed by atoms with Gasteiger partial charge in [-0.1, -0.05) is 54.1 Å². The van der Waals surface area contributed by atoms with E-state index in [1.54, 1.807) is 12.3 Å². The van der Waals surface area contributed by atoms with E-state index in [-0.39, 0.29) is 11.5 Å². The van der Waals surface area contributed by atoms with Crippen molar-refractivity contribution in [2.45, 2.75) is 32.7 Å². The molecule has 0 aliphatic rings. The highest BCUT2D eigenvalue weighted by Crippen LogP contribution is 2.22. The molecule has 0 amide bonds. The molecule has 2 aromatic carbocycles. The Bertz CT molecular complexity index is 1330. The first-order valence-electron chi connectivity index (χ1n) is 9.98. The Morgan fingerprint density at radius 2 is 2.03 bits per heavy atom. The van der Waals surface area contributed by atoms with Crippen LogP contribution in [0, 0.1) is 0 Å². The molecule has 152 valence electrons. The van der Waals surface area contributed by atoms with Gasteiger partial charge in [-0.3, -0.25) is 4.79 Å².